The Labute approximate surface area is 112 Å². The van der Waals surface area contributed by atoms with E-state index in [0.717, 1.165) is 17.8 Å². The zero-order valence-electron chi connectivity index (χ0n) is 11.3. The summed E-state index contributed by atoms with van der Waals surface area (Å²) in [5.41, 5.74) is 6.97. The van der Waals surface area contributed by atoms with Crippen LogP contribution in [-0.4, -0.2) is 44.8 Å². The lowest BCUT2D eigenvalue weighted by Gasteiger charge is -2.18. The zero-order valence-corrected chi connectivity index (χ0v) is 11.3. The molecule has 1 heterocycles. The summed E-state index contributed by atoms with van der Waals surface area (Å²) in [5, 5.41) is 13.2. The summed E-state index contributed by atoms with van der Waals surface area (Å²) in [7, 11) is 0. The van der Waals surface area contributed by atoms with Crippen LogP contribution in [0.25, 0.3) is 0 Å². The van der Waals surface area contributed by atoms with E-state index < -0.39 is 11.9 Å². The van der Waals surface area contributed by atoms with Gasteiger partial charge in [-0.2, -0.15) is 5.10 Å². The molecular weight excluding hydrogens is 248 g/mol. The molecule has 0 bridgehead atoms. The predicted octanol–water partition coefficient (Wildman–Crippen LogP) is -0.163. The number of aryl methyl sites for hydroxylation is 2. The number of aromatic nitrogens is 2. The highest BCUT2D eigenvalue weighted by Crippen LogP contribution is 2.09. The summed E-state index contributed by atoms with van der Waals surface area (Å²) >= 11 is 0. The molecule has 0 aliphatic rings. The molecule has 0 saturated heterocycles. The molecule has 3 N–H and O–H groups in total. The van der Waals surface area contributed by atoms with Crippen LogP contribution in [0.1, 0.15) is 25.2 Å². The van der Waals surface area contributed by atoms with Crippen LogP contribution < -0.4 is 5.73 Å². The summed E-state index contributed by atoms with van der Waals surface area (Å²) < 4.78 is 1.81. The monoisotopic (exact) mass is 268 g/mol. The lowest BCUT2D eigenvalue weighted by Crippen LogP contribution is -2.37. The van der Waals surface area contributed by atoms with E-state index in [-0.39, 0.29) is 13.1 Å². The number of nitrogens with two attached hydrogens (primary N) is 1. The van der Waals surface area contributed by atoms with Gasteiger partial charge in [-0.15, -0.1) is 0 Å². The molecule has 0 spiro atoms. The number of carbonyl (C=O) groups excluding carboxylic acids is 1. The maximum Gasteiger partial charge on any atom is 0.317 e. The van der Waals surface area contributed by atoms with Crippen molar-refractivity contribution in [3.8, 4) is 0 Å². The average molecular weight is 268 g/mol. The van der Waals surface area contributed by atoms with E-state index in [2.05, 4.69) is 5.10 Å². The number of primary amides is 1. The Hall–Kier alpha value is -1.89. The topological polar surface area (TPSA) is 101 Å². The highest BCUT2D eigenvalue weighted by Gasteiger charge is 2.15. The van der Waals surface area contributed by atoms with E-state index in [0.29, 0.717) is 13.1 Å². The highest BCUT2D eigenvalue weighted by atomic mass is 16.4. The second-order valence-electron chi connectivity index (χ2n) is 4.30. The van der Waals surface area contributed by atoms with E-state index in [4.69, 9.17) is 10.8 Å². The molecule has 7 heteroatoms. The first-order valence-corrected chi connectivity index (χ1v) is 6.24. The lowest BCUT2D eigenvalue weighted by atomic mass is 10.3. The van der Waals surface area contributed by atoms with Gasteiger partial charge in [-0.05, 0) is 19.4 Å². The Balaban J connectivity index is 2.84. The quantitative estimate of drug-likeness (QED) is 0.682. The number of carbonyl (C=O) groups is 2. The van der Waals surface area contributed by atoms with E-state index >= 15 is 0 Å². The molecule has 0 radical (unpaired) electrons. The van der Waals surface area contributed by atoms with Gasteiger partial charge in [-0.1, -0.05) is 6.92 Å². The van der Waals surface area contributed by atoms with Gasteiger partial charge in [0.05, 0.1) is 24.5 Å². The number of hydrogen-bond acceptors (Lipinski definition) is 4. The molecule has 1 amide bonds. The van der Waals surface area contributed by atoms with Gasteiger partial charge in [-0.25, -0.2) is 0 Å². The number of amides is 1. The molecule has 0 saturated carbocycles. The van der Waals surface area contributed by atoms with Crippen LogP contribution >= 0.6 is 0 Å². The molecule has 1 aromatic rings. The first kappa shape index (κ1) is 15.2. The predicted molar refractivity (Wildman–Crippen MR) is 69.4 cm³/mol. The van der Waals surface area contributed by atoms with E-state index in [1.807, 2.05) is 24.6 Å². The Kier molecular flexibility index (Phi) is 5.50. The summed E-state index contributed by atoms with van der Waals surface area (Å²) in [6, 6.07) is 1.93. The number of aliphatic carboxylic acids is 1. The molecule has 0 aromatic carbocycles. The SMILES string of the molecule is CCc1cc(CN(CC(N)=O)CC(=O)O)n(CC)n1. The fourth-order valence-electron chi connectivity index (χ4n) is 1.90. The second kappa shape index (κ2) is 6.89. The van der Waals surface area contributed by atoms with Crippen molar-refractivity contribution in [1.82, 2.24) is 14.7 Å². The van der Waals surface area contributed by atoms with Crippen LogP contribution in [0.5, 0.6) is 0 Å². The molecule has 7 nitrogen and oxygen atoms in total. The van der Waals surface area contributed by atoms with Crippen molar-refractivity contribution in [3.05, 3.63) is 17.5 Å². The third-order valence-electron chi connectivity index (χ3n) is 2.70. The van der Waals surface area contributed by atoms with Gasteiger partial charge in [-0.3, -0.25) is 19.2 Å². The van der Waals surface area contributed by atoms with Crippen molar-refractivity contribution in [3.63, 3.8) is 0 Å². The third-order valence-corrected chi connectivity index (χ3v) is 2.70. The van der Waals surface area contributed by atoms with Crippen molar-refractivity contribution >= 4 is 11.9 Å². The molecule has 0 unspecified atom stereocenters. The molecule has 0 atom stereocenters. The van der Waals surface area contributed by atoms with Crippen LogP contribution in [-0.2, 0) is 29.1 Å². The Bertz CT molecular complexity index is 440. The number of hydrogen-bond donors (Lipinski definition) is 2. The van der Waals surface area contributed by atoms with Crippen LogP contribution in [0, 0.1) is 0 Å². The van der Waals surface area contributed by atoms with Crippen LogP contribution in [0.4, 0.5) is 0 Å². The maximum absolute atomic E-state index is 11.0. The number of nitrogens with zero attached hydrogens (tertiary/aromatic N) is 3. The van der Waals surface area contributed by atoms with Crippen molar-refractivity contribution in [2.45, 2.75) is 33.4 Å². The van der Waals surface area contributed by atoms with Crippen LogP contribution in [0.2, 0.25) is 0 Å². The van der Waals surface area contributed by atoms with Gasteiger partial charge in [0.25, 0.3) is 0 Å². The second-order valence-corrected chi connectivity index (χ2v) is 4.30. The lowest BCUT2D eigenvalue weighted by molar-refractivity contribution is -0.138. The molecule has 1 rings (SSSR count). The van der Waals surface area contributed by atoms with Crippen molar-refractivity contribution in [2.24, 2.45) is 5.73 Å². The van der Waals surface area contributed by atoms with E-state index in [9.17, 15) is 9.59 Å². The Morgan fingerprint density at radius 1 is 1.42 bits per heavy atom. The van der Waals surface area contributed by atoms with Gasteiger partial charge in [0.15, 0.2) is 0 Å². The zero-order chi connectivity index (χ0) is 14.4. The number of carboxylic acids is 1. The summed E-state index contributed by atoms with van der Waals surface area (Å²) in [6.07, 6.45) is 0.814. The minimum absolute atomic E-state index is 0.0807. The number of carboxylic acid groups (broad SMARTS) is 1. The summed E-state index contributed by atoms with van der Waals surface area (Å²) in [5.74, 6) is -1.53. The third kappa shape index (κ3) is 4.70. The molecule has 1 aromatic heterocycles. The minimum Gasteiger partial charge on any atom is -0.480 e. The molecule has 106 valence electrons. The fourth-order valence-corrected chi connectivity index (χ4v) is 1.90. The van der Waals surface area contributed by atoms with E-state index in [1.54, 1.807) is 0 Å². The largest absolute Gasteiger partial charge is 0.480 e. The smallest absolute Gasteiger partial charge is 0.317 e. The summed E-state index contributed by atoms with van der Waals surface area (Å²) in [6.45, 7) is 4.71. The highest BCUT2D eigenvalue weighted by molar-refractivity contribution is 5.77. The van der Waals surface area contributed by atoms with Crippen LogP contribution in [0.15, 0.2) is 6.07 Å². The van der Waals surface area contributed by atoms with Crippen LogP contribution in [0.3, 0.4) is 0 Å². The van der Waals surface area contributed by atoms with Gasteiger partial charge < -0.3 is 10.8 Å². The molecule has 0 aliphatic heterocycles. The van der Waals surface area contributed by atoms with Gasteiger partial charge in [0.1, 0.15) is 0 Å². The fraction of sp³-hybridized carbons (Fsp3) is 0.583. The first-order chi connectivity index (χ1) is 8.96. The van der Waals surface area contributed by atoms with Gasteiger partial charge >= 0.3 is 5.97 Å². The standard InChI is InChI=1S/C12H20N4O3/c1-3-9-5-10(16(4-2)14-9)6-15(7-11(13)17)8-12(18)19/h5H,3-4,6-8H2,1-2H3,(H2,13,17)(H,18,19). The molecule has 0 aliphatic carbocycles. The van der Waals surface area contributed by atoms with E-state index in [1.165, 1.54) is 4.90 Å². The average Bonchev–Trinajstić information content (AvgIpc) is 2.69. The van der Waals surface area contributed by atoms with Gasteiger partial charge in [0.2, 0.25) is 5.91 Å². The summed E-state index contributed by atoms with van der Waals surface area (Å²) in [4.78, 5) is 23.2. The maximum atomic E-state index is 11.0. The minimum atomic E-state index is -0.987. The molecular formula is C12H20N4O3. The number of rotatable bonds is 8. The molecule has 0 fully saturated rings. The van der Waals surface area contributed by atoms with Crippen molar-refractivity contribution in [1.29, 1.82) is 0 Å². The Morgan fingerprint density at radius 3 is 2.58 bits per heavy atom. The first-order valence-electron chi connectivity index (χ1n) is 6.24. The van der Waals surface area contributed by atoms with Crippen molar-refractivity contribution < 1.29 is 14.7 Å². The normalized spacial score (nSPS) is 10.9. The molecule has 19 heavy (non-hydrogen) atoms. The van der Waals surface area contributed by atoms with Gasteiger partial charge in [0, 0.05) is 13.1 Å². The van der Waals surface area contributed by atoms with Crippen molar-refractivity contribution in [2.75, 3.05) is 13.1 Å². The Morgan fingerprint density at radius 2 is 2.11 bits per heavy atom.